The number of unbranched alkanes of at least 4 members (excludes halogenated alkanes) is 12. The second-order valence-corrected chi connectivity index (χ2v) is 14.1. The van der Waals surface area contributed by atoms with Crippen LogP contribution in [-0.2, 0) is 19.1 Å². The molecule has 1 heterocycles. The molecule has 0 spiro atoms. The summed E-state index contributed by atoms with van der Waals surface area (Å²) in [7, 11) is 0. The van der Waals surface area contributed by atoms with Gasteiger partial charge in [0, 0.05) is 5.92 Å². The Hall–Kier alpha value is -2.39. The zero-order valence-electron chi connectivity index (χ0n) is 29.6. The SMILES string of the molecule is CCCCCCCCCCCCOc1cnc(C2CCC(C(=O)OC3CCC(C(=O)OC(CCCCCC)C(F)(F)F)CC3)CC2)nc1. The Balaban J connectivity index is 1.28. The zero-order chi connectivity index (χ0) is 34.6. The number of esters is 2. The highest BCUT2D eigenvalue weighted by Gasteiger charge is 2.43. The van der Waals surface area contributed by atoms with Gasteiger partial charge in [0.1, 0.15) is 11.9 Å². The van der Waals surface area contributed by atoms with Crippen molar-refractivity contribution in [3.8, 4) is 5.75 Å². The first-order chi connectivity index (χ1) is 23.2. The van der Waals surface area contributed by atoms with Gasteiger partial charge in [0.25, 0.3) is 0 Å². The van der Waals surface area contributed by atoms with Crippen LogP contribution in [0.5, 0.6) is 5.75 Å². The summed E-state index contributed by atoms with van der Waals surface area (Å²) < 4.78 is 57.0. The molecule has 0 amide bonds. The fourth-order valence-corrected chi connectivity index (χ4v) is 6.94. The number of nitrogens with zero attached hydrogens (tertiary/aromatic N) is 2. The highest BCUT2D eigenvalue weighted by molar-refractivity contribution is 5.73. The first-order valence-corrected chi connectivity index (χ1v) is 19.1. The van der Waals surface area contributed by atoms with Gasteiger partial charge in [-0.3, -0.25) is 9.59 Å². The number of carbonyl (C=O) groups excluding carboxylic acids is 2. The molecule has 1 atom stereocenters. The van der Waals surface area contributed by atoms with E-state index in [0.717, 1.165) is 37.9 Å². The normalized spacial score (nSPS) is 22.2. The van der Waals surface area contributed by atoms with Gasteiger partial charge in [-0.25, -0.2) is 9.97 Å². The molecule has 0 bridgehead atoms. The number of halogens is 3. The van der Waals surface area contributed by atoms with Gasteiger partial charge in [-0.1, -0.05) is 90.9 Å². The average molecular weight is 683 g/mol. The van der Waals surface area contributed by atoms with Gasteiger partial charge in [-0.15, -0.1) is 0 Å². The Bertz CT molecular complexity index is 1020. The maximum atomic E-state index is 13.4. The van der Waals surface area contributed by atoms with Crippen LogP contribution in [-0.4, -0.2) is 46.9 Å². The van der Waals surface area contributed by atoms with E-state index in [1.807, 2.05) is 6.92 Å². The van der Waals surface area contributed by atoms with Gasteiger partial charge in [0.2, 0.25) is 0 Å². The Kier molecular flexibility index (Phi) is 18.6. The standard InChI is InChI=1S/C38H61F3N2O5/c1-3-5-7-9-10-11-12-13-14-16-26-46-33-27-42-35(43-28-33)29-18-20-30(21-19-29)36(44)47-32-24-22-31(23-25-32)37(45)48-34(38(39,40)41)17-15-8-6-4-2/h27-32,34H,3-26H2,1-2H3. The first-order valence-electron chi connectivity index (χ1n) is 19.1. The molecule has 1 unspecified atom stereocenters. The summed E-state index contributed by atoms with van der Waals surface area (Å²) in [6, 6.07) is 0. The summed E-state index contributed by atoms with van der Waals surface area (Å²) in [5.41, 5.74) is 0. The zero-order valence-corrected chi connectivity index (χ0v) is 29.6. The van der Waals surface area contributed by atoms with E-state index in [9.17, 15) is 22.8 Å². The molecule has 274 valence electrons. The maximum absolute atomic E-state index is 13.4. The number of alkyl halides is 3. The maximum Gasteiger partial charge on any atom is 0.425 e. The van der Waals surface area contributed by atoms with E-state index >= 15 is 0 Å². The molecule has 7 nitrogen and oxygen atoms in total. The lowest BCUT2D eigenvalue weighted by Crippen LogP contribution is -2.37. The number of ether oxygens (including phenoxy) is 3. The third-order valence-electron chi connectivity index (χ3n) is 10.1. The van der Waals surface area contributed by atoms with Crippen molar-refractivity contribution in [1.29, 1.82) is 0 Å². The quantitative estimate of drug-likeness (QED) is 0.0888. The van der Waals surface area contributed by atoms with Gasteiger partial charge in [0.15, 0.2) is 11.9 Å². The van der Waals surface area contributed by atoms with Crippen molar-refractivity contribution < 1.29 is 37.0 Å². The number of hydrogen-bond donors (Lipinski definition) is 0. The molecule has 2 aliphatic carbocycles. The van der Waals surface area contributed by atoms with Crippen LogP contribution in [0.25, 0.3) is 0 Å². The van der Waals surface area contributed by atoms with Crippen LogP contribution in [0.3, 0.4) is 0 Å². The third kappa shape index (κ3) is 15.0. The third-order valence-corrected chi connectivity index (χ3v) is 10.1. The fourth-order valence-electron chi connectivity index (χ4n) is 6.94. The lowest BCUT2D eigenvalue weighted by Gasteiger charge is -2.31. The average Bonchev–Trinajstić information content (AvgIpc) is 3.08. The molecule has 0 aromatic carbocycles. The number of carbonyl (C=O) groups is 2. The van der Waals surface area contributed by atoms with Crippen LogP contribution >= 0.6 is 0 Å². The minimum atomic E-state index is -4.57. The number of hydrogen-bond acceptors (Lipinski definition) is 7. The Labute approximate surface area is 286 Å². The van der Waals surface area contributed by atoms with Crippen molar-refractivity contribution in [2.75, 3.05) is 6.61 Å². The Morgan fingerprint density at radius 2 is 1.21 bits per heavy atom. The lowest BCUT2D eigenvalue weighted by molar-refractivity contribution is -0.225. The lowest BCUT2D eigenvalue weighted by atomic mass is 9.81. The van der Waals surface area contributed by atoms with E-state index < -0.39 is 24.2 Å². The molecule has 0 aliphatic heterocycles. The number of rotatable bonds is 22. The smallest absolute Gasteiger partial charge is 0.425 e. The van der Waals surface area contributed by atoms with E-state index in [1.165, 1.54) is 57.8 Å². The van der Waals surface area contributed by atoms with Crippen LogP contribution in [0, 0.1) is 11.8 Å². The van der Waals surface area contributed by atoms with E-state index in [4.69, 9.17) is 14.2 Å². The van der Waals surface area contributed by atoms with Crippen LogP contribution in [0.4, 0.5) is 13.2 Å². The highest BCUT2D eigenvalue weighted by Crippen LogP contribution is 2.37. The minimum Gasteiger partial charge on any atom is -0.490 e. The molecule has 48 heavy (non-hydrogen) atoms. The second kappa shape index (κ2) is 22.4. The van der Waals surface area contributed by atoms with Crippen molar-refractivity contribution in [2.24, 2.45) is 11.8 Å². The topological polar surface area (TPSA) is 87.6 Å². The van der Waals surface area contributed by atoms with Crippen molar-refractivity contribution in [1.82, 2.24) is 9.97 Å². The summed E-state index contributed by atoms with van der Waals surface area (Å²) in [4.78, 5) is 34.6. The molecule has 1 aromatic heterocycles. The molecule has 10 heteroatoms. The van der Waals surface area contributed by atoms with Gasteiger partial charge < -0.3 is 14.2 Å². The van der Waals surface area contributed by atoms with Crippen molar-refractivity contribution in [3.63, 3.8) is 0 Å². The second-order valence-electron chi connectivity index (χ2n) is 14.1. The Morgan fingerprint density at radius 3 is 1.77 bits per heavy atom. The van der Waals surface area contributed by atoms with Crippen LogP contribution in [0.2, 0.25) is 0 Å². The summed E-state index contributed by atoms with van der Waals surface area (Å²) >= 11 is 0. The molecular formula is C38H61F3N2O5. The van der Waals surface area contributed by atoms with Gasteiger partial charge >= 0.3 is 18.1 Å². The molecular weight excluding hydrogens is 621 g/mol. The van der Waals surface area contributed by atoms with Crippen molar-refractivity contribution in [3.05, 3.63) is 18.2 Å². The van der Waals surface area contributed by atoms with Crippen molar-refractivity contribution >= 4 is 11.9 Å². The molecule has 1 aromatic rings. The molecule has 2 saturated carbocycles. The summed E-state index contributed by atoms with van der Waals surface area (Å²) in [5.74, 6) is -0.115. The predicted molar refractivity (Wildman–Crippen MR) is 181 cm³/mol. The Morgan fingerprint density at radius 1 is 0.708 bits per heavy atom. The van der Waals surface area contributed by atoms with Gasteiger partial charge in [0.05, 0.1) is 30.8 Å². The van der Waals surface area contributed by atoms with Crippen molar-refractivity contribution in [2.45, 2.75) is 186 Å². The minimum absolute atomic E-state index is 0.187. The van der Waals surface area contributed by atoms with Crippen LogP contribution in [0.15, 0.2) is 12.4 Å². The van der Waals surface area contributed by atoms with E-state index in [-0.39, 0.29) is 30.3 Å². The van der Waals surface area contributed by atoms with E-state index in [1.54, 1.807) is 12.4 Å². The summed E-state index contributed by atoms with van der Waals surface area (Å²) in [5, 5.41) is 0. The molecule has 0 saturated heterocycles. The summed E-state index contributed by atoms with van der Waals surface area (Å²) in [6.45, 7) is 4.92. The predicted octanol–water partition coefficient (Wildman–Crippen LogP) is 10.6. The summed E-state index contributed by atoms with van der Waals surface area (Å²) in [6.07, 6.45) is 16.7. The molecule has 2 aliphatic rings. The van der Waals surface area contributed by atoms with Crippen LogP contribution < -0.4 is 4.74 Å². The van der Waals surface area contributed by atoms with Gasteiger partial charge in [-0.2, -0.15) is 13.2 Å². The van der Waals surface area contributed by atoms with Crippen LogP contribution in [0.1, 0.15) is 173 Å². The van der Waals surface area contributed by atoms with E-state index in [0.29, 0.717) is 63.7 Å². The first kappa shape index (κ1) is 40.0. The number of aromatic nitrogens is 2. The highest BCUT2D eigenvalue weighted by atomic mass is 19.4. The monoisotopic (exact) mass is 682 g/mol. The molecule has 0 radical (unpaired) electrons. The van der Waals surface area contributed by atoms with Gasteiger partial charge in [-0.05, 0) is 70.6 Å². The molecule has 2 fully saturated rings. The molecule has 0 N–H and O–H groups in total. The molecule has 3 rings (SSSR count). The largest absolute Gasteiger partial charge is 0.490 e. The fraction of sp³-hybridized carbons (Fsp3) is 0.842. The van der Waals surface area contributed by atoms with E-state index in [2.05, 4.69) is 16.9 Å².